The van der Waals surface area contributed by atoms with Gasteiger partial charge in [0.05, 0.1) is 0 Å². The average Bonchev–Trinajstić information content (AvgIpc) is 3.21. The number of halogens is 1. The van der Waals surface area contributed by atoms with Gasteiger partial charge < -0.3 is 10.2 Å². The molecule has 7 nitrogen and oxygen atoms in total. The van der Waals surface area contributed by atoms with Crippen molar-refractivity contribution >= 4 is 17.5 Å². The SMILES string of the molecule is CC(C)[C@H](NC(=O)c1ccc(F)cc1)C(=O)N1CCC(c2nnc3ccccn23)CC1. The number of aromatic nitrogens is 3. The third-order valence-corrected chi connectivity index (χ3v) is 5.84. The minimum Gasteiger partial charge on any atom is -0.341 e. The predicted molar refractivity (Wildman–Crippen MR) is 114 cm³/mol. The Bertz CT molecular complexity index is 1070. The lowest BCUT2D eigenvalue weighted by molar-refractivity contribution is -0.135. The standard InChI is InChI=1S/C23H26FN5O2/c1-15(2)20(25-22(30)17-6-8-18(24)9-7-17)23(31)28-13-10-16(11-14-28)21-27-26-19-5-3-4-12-29(19)21/h3-9,12,15-16,20H,10-11,13-14H2,1-2H3,(H,25,30)/t20-/m0/s1. The molecule has 0 radical (unpaired) electrons. The number of pyridine rings is 1. The van der Waals surface area contributed by atoms with E-state index < -0.39 is 11.9 Å². The van der Waals surface area contributed by atoms with Crippen LogP contribution in [0.2, 0.25) is 0 Å². The number of amides is 2. The van der Waals surface area contributed by atoms with Gasteiger partial charge in [0.2, 0.25) is 5.91 Å². The Hall–Kier alpha value is -3.29. The van der Waals surface area contributed by atoms with Gasteiger partial charge in [-0.1, -0.05) is 19.9 Å². The first kappa shape index (κ1) is 21.0. The van der Waals surface area contributed by atoms with Crippen LogP contribution in [0.25, 0.3) is 5.65 Å². The molecule has 1 aromatic carbocycles. The van der Waals surface area contributed by atoms with Crippen LogP contribution in [0.15, 0.2) is 48.7 Å². The molecule has 162 valence electrons. The summed E-state index contributed by atoms with van der Waals surface area (Å²) in [6, 6.07) is 10.5. The molecule has 0 aliphatic carbocycles. The summed E-state index contributed by atoms with van der Waals surface area (Å²) in [7, 11) is 0. The number of rotatable bonds is 5. The van der Waals surface area contributed by atoms with Gasteiger partial charge in [0.1, 0.15) is 17.7 Å². The second-order valence-corrected chi connectivity index (χ2v) is 8.29. The van der Waals surface area contributed by atoms with Crippen LogP contribution in [0.5, 0.6) is 0 Å². The van der Waals surface area contributed by atoms with Crippen LogP contribution in [0, 0.1) is 11.7 Å². The number of hydrogen-bond acceptors (Lipinski definition) is 4. The van der Waals surface area contributed by atoms with Gasteiger partial charge >= 0.3 is 0 Å². The van der Waals surface area contributed by atoms with Crippen molar-refractivity contribution in [2.24, 2.45) is 5.92 Å². The molecule has 0 spiro atoms. The van der Waals surface area contributed by atoms with E-state index in [4.69, 9.17) is 0 Å². The van der Waals surface area contributed by atoms with Gasteiger partial charge in [0.25, 0.3) is 5.91 Å². The number of piperidine rings is 1. The monoisotopic (exact) mass is 423 g/mol. The van der Waals surface area contributed by atoms with E-state index in [9.17, 15) is 14.0 Å². The molecular weight excluding hydrogens is 397 g/mol. The van der Waals surface area contributed by atoms with Crippen LogP contribution in [0.3, 0.4) is 0 Å². The summed E-state index contributed by atoms with van der Waals surface area (Å²) in [6.07, 6.45) is 3.54. The Morgan fingerprint density at radius 2 is 1.77 bits per heavy atom. The number of nitrogens with zero attached hydrogens (tertiary/aromatic N) is 4. The van der Waals surface area contributed by atoms with E-state index in [0.717, 1.165) is 24.3 Å². The van der Waals surface area contributed by atoms with Crippen LogP contribution >= 0.6 is 0 Å². The van der Waals surface area contributed by atoms with Crippen LogP contribution in [0.4, 0.5) is 4.39 Å². The molecule has 3 aromatic rings. The number of carbonyl (C=O) groups is 2. The first-order valence-electron chi connectivity index (χ1n) is 10.6. The molecule has 1 atom stereocenters. The van der Waals surface area contributed by atoms with E-state index in [1.807, 2.05) is 47.5 Å². The third kappa shape index (κ3) is 4.42. The maximum absolute atomic E-state index is 13.2. The molecule has 1 N–H and O–H groups in total. The molecule has 4 rings (SSSR count). The fourth-order valence-electron chi connectivity index (χ4n) is 4.03. The fraction of sp³-hybridized carbons (Fsp3) is 0.391. The molecular formula is C23H26FN5O2. The van der Waals surface area contributed by atoms with Crippen molar-refractivity contribution in [2.45, 2.75) is 38.6 Å². The molecule has 1 aliphatic rings. The van der Waals surface area contributed by atoms with Gasteiger partial charge in [-0.05, 0) is 55.2 Å². The van der Waals surface area contributed by atoms with E-state index in [1.165, 1.54) is 24.3 Å². The quantitative estimate of drug-likeness (QED) is 0.684. The van der Waals surface area contributed by atoms with Crippen LogP contribution in [-0.4, -0.2) is 50.4 Å². The van der Waals surface area contributed by atoms with Crippen molar-refractivity contribution in [2.75, 3.05) is 13.1 Å². The lowest BCUT2D eigenvalue weighted by atomic mass is 9.94. The van der Waals surface area contributed by atoms with Crippen molar-refractivity contribution in [3.8, 4) is 0 Å². The Kier molecular flexibility index (Phi) is 5.97. The lowest BCUT2D eigenvalue weighted by Crippen LogP contribution is -2.52. The van der Waals surface area contributed by atoms with E-state index in [-0.39, 0.29) is 23.7 Å². The highest BCUT2D eigenvalue weighted by Crippen LogP contribution is 2.27. The van der Waals surface area contributed by atoms with Crippen LogP contribution in [-0.2, 0) is 4.79 Å². The highest BCUT2D eigenvalue weighted by atomic mass is 19.1. The Morgan fingerprint density at radius 1 is 1.06 bits per heavy atom. The zero-order valence-corrected chi connectivity index (χ0v) is 17.7. The number of likely N-dealkylation sites (tertiary alicyclic amines) is 1. The molecule has 3 heterocycles. The second kappa shape index (κ2) is 8.83. The number of benzene rings is 1. The minimum atomic E-state index is -0.636. The van der Waals surface area contributed by atoms with E-state index >= 15 is 0 Å². The first-order valence-corrected chi connectivity index (χ1v) is 10.6. The largest absolute Gasteiger partial charge is 0.341 e. The van der Waals surface area contributed by atoms with Crippen LogP contribution < -0.4 is 5.32 Å². The summed E-state index contributed by atoms with van der Waals surface area (Å²) in [5.41, 5.74) is 1.15. The maximum atomic E-state index is 13.2. The van der Waals surface area contributed by atoms with Gasteiger partial charge in [-0.3, -0.25) is 14.0 Å². The number of hydrogen-bond donors (Lipinski definition) is 1. The summed E-state index contributed by atoms with van der Waals surface area (Å²) in [6.45, 7) is 5.01. The molecule has 1 aliphatic heterocycles. The molecule has 2 aromatic heterocycles. The second-order valence-electron chi connectivity index (χ2n) is 8.29. The van der Waals surface area contributed by atoms with E-state index in [1.54, 1.807) is 0 Å². The zero-order valence-electron chi connectivity index (χ0n) is 17.7. The predicted octanol–water partition coefficient (Wildman–Crippen LogP) is 3.03. The normalized spacial score (nSPS) is 15.9. The highest BCUT2D eigenvalue weighted by Gasteiger charge is 2.32. The Balaban J connectivity index is 1.41. The number of fused-ring (bicyclic) bond motifs is 1. The summed E-state index contributed by atoms with van der Waals surface area (Å²) < 4.78 is 15.1. The molecule has 1 saturated heterocycles. The number of nitrogens with one attached hydrogen (secondary N) is 1. The smallest absolute Gasteiger partial charge is 0.251 e. The molecule has 0 saturated carbocycles. The lowest BCUT2D eigenvalue weighted by Gasteiger charge is -2.35. The molecule has 31 heavy (non-hydrogen) atoms. The Morgan fingerprint density at radius 3 is 2.45 bits per heavy atom. The van der Waals surface area contributed by atoms with Crippen LogP contribution in [0.1, 0.15) is 48.8 Å². The van der Waals surface area contributed by atoms with Crippen molar-refractivity contribution in [3.63, 3.8) is 0 Å². The Labute approximate surface area is 180 Å². The number of carbonyl (C=O) groups excluding carboxylic acids is 2. The first-order chi connectivity index (χ1) is 14.9. The topological polar surface area (TPSA) is 79.6 Å². The summed E-state index contributed by atoms with van der Waals surface area (Å²) in [5, 5.41) is 11.4. The molecule has 2 amide bonds. The van der Waals surface area contributed by atoms with Crippen molar-refractivity contribution in [3.05, 3.63) is 65.9 Å². The third-order valence-electron chi connectivity index (χ3n) is 5.84. The van der Waals surface area contributed by atoms with Gasteiger partial charge in [-0.2, -0.15) is 0 Å². The van der Waals surface area contributed by atoms with Crippen molar-refractivity contribution in [1.29, 1.82) is 0 Å². The summed E-state index contributed by atoms with van der Waals surface area (Å²) in [5.74, 6) is 0.207. The summed E-state index contributed by atoms with van der Waals surface area (Å²) >= 11 is 0. The average molecular weight is 423 g/mol. The van der Waals surface area contributed by atoms with Gasteiger partial charge in [-0.15, -0.1) is 10.2 Å². The fourth-order valence-corrected chi connectivity index (χ4v) is 4.03. The molecule has 0 bridgehead atoms. The zero-order chi connectivity index (χ0) is 22.0. The van der Waals surface area contributed by atoms with E-state index in [0.29, 0.717) is 18.7 Å². The highest BCUT2D eigenvalue weighted by molar-refractivity contribution is 5.97. The minimum absolute atomic E-state index is 0.0740. The van der Waals surface area contributed by atoms with Crippen molar-refractivity contribution in [1.82, 2.24) is 24.8 Å². The molecule has 8 heteroatoms. The molecule has 0 unspecified atom stereocenters. The van der Waals surface area contributed by atoms with E-state index in [2.05, 4.69) is 15.5 Å². The van der Waals surface area contributed by atoms with Gasteiger partial charge in [0, 0.05) is 30.8 Å². The van der Waals surface area contributed by atoms with Gasteiger partial charge in [0.15, 0.2) is 5.65 Å². The summed E-state index contributed by atoms with van der Waals surface area (Å²) in [4.78, 5) is 27.6. The van der Waals surface area contributed by atoms with Gasteiger partial charge in [-0.25, -0.2) is 4.39 Å². The molecule has 1 fully saturated rings. The maximum Gasteiger partial charge on any atom is 0.251 e. The van der Waals surface area contributed by atoms with Crippen molar-refractivity contribution < 1.29 is 14.0 Å².